The summed E-state index contributed by atoms with van der Waals surface area (Å²) in [5.74, 6) is -0.347. The summed E-state index contributed by atoms with van der Waals surface area (Å²) >= 11 is 0. The van der Waals surface area contributed by atoms with Crippen LogP contribution < -0.4 is 5.32 Å². The summed E-state index contributed by atoms with van der Waals surface area (Å²) in [6.07, 6.45) is 3.94. The molecule has 0 saturated carbocycles. The van der Waals surface area contributed by atoms with Crippen molar-refractivity contribution in [3.63, 3.8) is 0 Å². The molecule has 0 fully saturated rings. The van der Waals surface area contributed by atoms with Crippen molar-refractivity contribution in [1.82, 2.24) is 15.1 Å². The molecule has 1 aliphatic carbocycles. The predicted octanol–water partition coefficient (Wildman–Crippen LogP) is 4.44. The van der Waals surface area contributed by atoms with E-state index in [1.165, 1.54) is 23.4 Å². The largest absolute Gasteiger partial charge is 0.349 e. The Morgan fingerprint density at radius 3 is 2.59 bits per heavy atom. The molecule has 0 bridgehead atoms. The Hall–Kier alpha value is -2.95. The molecule has 2 aromatic carbocycles. The third-order valence-electron chi connectivity index (χ3n) is 5.55. The van der Waals surface area contributed by atoms with E-state index in [0.717, 1.165) is 30.5 Å². The molecule has 5 heteroatoms. The van der Waals surface area contributed by atoms with Gasteiger partial charge >= 0.3 is 0 Å². The number of nitrogens with one attached hydrogen (secondary N) is 1. The van der Waals surface area contributed by atoms with Gasteiger partial charge in [0.15, 0.2) is 0 Å². The van der Waals surface area contributed by atoms with Crippen LogP contribution in [0.2, 0.25) is 0 Å². The van der Waals surface area contributed by atoms with Crippen molar-refractivity contribution < 1.29 is 9.18 Å². The molecule has 150 valence electrons. The van der Waals surface area contributed by atoms with Crippen molar-refractivity contribution >= 4 is 5.91 Å². The molecular weight excluding hydrogens is 365 g/mol. The maximum absolute atomic E-state index is 13.1. The number of amides is 1. The van der Waals surface area contributed by atoms with Gasteiger partial charge in [0.05, 0.1) is 25.2 Å². The second kappa shape index (κ2) is 7.82. The molecule has 4 rings (SSSR count). The third-order valence-corrected chi connectivity index (χ3v) is 5.55. The minimum atomic E-state index is -0.293. The molecule has 1 amide bonds. The lowest BCUT2D eigenvalue weighted by Gasteiger charge is -2.36. The maximum Gasteiger partial charge on any atom is 0.224 e. The van der Waals surface area contributed by atoms with Crippen molar-refractivity contribution in [3.05, 3.63) is 89.0 Å². The highest BCUT2D eigenvalue weighted by Gasteiger charge is 2.35. The Morgan fingerprint density at radius 2 is 1.86 bits per heavy atom. The van der Waals surface area contributed by atoms with Gasteiger partial charge in [0.2, 0.25) is 5.91 Å². The van der Waals surface area contributed by atoms with Crippen LogP contribution in [0.4, 0.5) is 4.39 Å². The zero-order chi connectivity index (χ0) is 20.4. The summed E-state index contributed by atoms with van der Waals surface area (Å²) in [5, 5.41) is 7.82. The molecule has 0 saturated heterocycles. The number of carbonyl (C=O) groups is 1. The van der Waals surface area contributed by atoms with Gasteiger partial charge in [0.25, 0.3) is 0 Å². The summed E-state index contributed by atoms with van der Waals surface area (Å²) in [6, 6.07) is 16.3. The number of hydrogen-bond acceptors (Lipinski definition) is 2. The van der Waals surface area contributed by atoms with Crippen LogP contribution in [0.5, 0.6) is 0 Å². The van der Waals surface area contributed by atoms with Crippen LogP contribution in [0, 0.1) is 11.2 Å². The highest BCUT2D eigenvalue weighted by atomic mass is 19.1. The van der Waals surface area contributed by atoms with E-state index in [4.69, 9.17) is 0 Å². The van der Waals surface area contributed by atoms with E-state index in [-0.39, 0.29) is 29.6 Å². The fourth-order valence-electron chi connectivity index (χ4n) is 4.15. The zero-order valence-electron chi connectivity index (χ0n) is 16.9. The lowest BCUT2D eigenvalue weighted by Crippen LogP contribution is -2.37. The van der Waals surface area contributed by atoms with E-state index in [2.05, 4.69) is 41.1 Å². The fraction of sp³-hybridized carbons (Fsp3) is 0.333. The van der Waals surface area contributed by atoms with E-state index in [1.54, 1.807) is 12.1 Å². The van der Waals surface area contributed by atoms with Crippen LogP contribution in [0.3, 0.4) is 0 Å². The van der Waals surface area contributed by atoms with Gasteiger partial charge in [-0.15, -0.1) is 0 Å². The Balaban J connectivity index is 1.53. The van der Waals surface area contributed by atoms with Gasteiger partial charge in [0.1, 0.15) is 5.82 Å². The van der Waals surface area contributed by atoms with Crippen molar-refractivity contribution in [2.45, 2.75) is 45.7 Å². The van der Waals surface area contributed by atoms with E-state index in [1.807, 2.05) is 24.4 Å². The van der Waals surface area contributed by atoms with Crippen molar-refractivity contribution in [2.75, 3.05) is 0 Å². The number of hydrogen-bond donors (Lipinski definition) is 1. The van der Waals surface area contributed by atoms with Crippen LogP contribution >= 0.6 is 0 Å². The molecule has 3 aromatic rings. The first kappa shape index (κ1) is 19.4. The quantitative estimate of drug-likeness (QED) is 0.699. The van der Waals surface area contributed by atoms with Crippen molar-refractivity contribution in [3.8, 4) is 0 Å². The summed E-state index contributed by atoms with van der Waals surface area (Å²) in [5.41, 5.74) is 4.37. The van der Waals surface area contributed by atoms with E-state index < -0.39 is 0 Å². The second-order valence-electron chi connectivity index (χ2n) is 8.66. The van der Waals surface area contributed by atoms with Gasteiger partial charge < -0.3 is 5.32 Å². The lowest BCUT2D eigenvalue weighted by molar-refractivity contribution is -0.121. The highest BCUT2D eigenvalue weighted by Crippen LogP contribution is 2.40. The maximum atomic E-state index is 13.1. The lowest BCUT2D eigenvalue weighted by atomic mass is 9.74. The molecule has 1 unspecified atom stereocenters. The smallest absolute Gasteiger partial charge is 0.224 e. The van der Waals surface area contributed by atoms with Crippen LogP contribution in [0.1, 0.15) is 48.7 Å². The monoisotopic (exact) mass is 391 g/mol. The van der Waals surface area contributed by atoms with Gasteiger partial charge in [-0.3, -0.25) is 9.48 Å². The minimum absolute atomic E-state index is 0.0546. The number of benzene rings is 2. The topological polar surface area (TPSA) is 46.9 Å². The first-order valence-electron chi connectivity index (χ1n) is 10.0. The molecule has 1 N–H and O–H groups in total. The number of halogens is 1. The standard InChI is InChI=1S/C24H26FN3O/c1-24(2)13-21(27-23(29)12-17-8-10-19(25)11-9-17)20-15-26-28(22(20)14-24)16-18-6-4-3-5-7-18/h3-11,15,21H,12-14,16H2,1-2H3,(H,27,29). The number of carbonyl (C=O) groups excluding carboxylic acids is 1. The molecule has 29 heavy (non-hydrogen) atoms. The SMILES string of the molecule is CC1(C)Cc2c(cnn2Cc2ccccc2)C(NC(=O)Cc2ccc(F)cc2)C1. The normalized spacial score (nSPS) is 17.6. The molecule has 1 aromatic heterocycles. The number of nitrogens with zero attached hydrogens (tertiary/aromatic N) is 2. The number of fused-ring (bicyclic) bond motifs is 1. The zero-order valence-corrected chi connectivity index (χ0v) is 16.9. The molecule has 1 aliphatic rings. The molecule has 4 nitrogen and oxygen atoms in total. The Kier molecular flexibility index (Phi) is 5.22. The second-order valence-corrected chi connectivity index (χ2v) is 8.66. The van der Waals surface area contributed by atoms with Gasteiger partial charge in [-0.2, -0.15) is 5.10 Å². The first-order chi connectivity index (χ1) is 13.9. The number of aromatic nitrogens is 2. The van der Waals surface area contributed by atoms with Gasteiger partial charge in [-0.1, -0.05) is 56.3 Å². The Labute approximate surface area is 170 Å². The Bertz CT molecular complexity index is 993. The van der Waals surface area contributed by atoms with Crippen LogP contribution in [0.25, 0.3) is 0 Å². The molecule has 1 atom stereocenters. The summed E-state index contributed by atoms with van der Waals surface area (Å²) in [4.78, 5) is 12.7. The molecular formula is C24H26FN3O. The van der Waals surface area contributed by atoms with Crippen LogP contribution in [-0.4, -0.2) is 15.7 Å². The minimum Gasteiger partial charge on any atom is -0.349 e. The summed E-state index contributed by atoms with van der Waals surface area (Å²) in [7, 11) is 0. The molecule has 0 aliphatic heterocycles. The predicted molar refractivity (Wildman–Crippen MR) is 111 cm³/mol. The Morgan fingerprint density at radius 1 is 1.14 bits per heavy atom. The van der Waals surface area contributed by atoms with E-state index in [0.29, 0.717) is 0 Å². The summed E-state index contributed by atoms with van der Waals surface area (Å²) in [6.45, 7) is 5.19. The average Bonchev–Trinajstić information content (AvgIpc) is 3.06. The average molecular weight is 391 g/mol. The highest BCUT2D eigenvalue weighted by molar-refractivity contribution is 5.79. The van der Waals surface area contributed by atoms with Crippen molar-refractivity contribution in [2.24, 2.45) is 5.41 Å². The molecule has 1 heterocycles. The van der Waals surface area contributed by atoms with Crippen LogP contribution in [0.15, 0.2) is 60.8 Å². The molecule has 0 radical (unpaired) electrons. The third kappa shape index (κ3) is 4.56. The molecule has 0 spiro atoms. The van der Waals surface area contributed by atoms with Gasteiger partial charge in [-0.05, 0) is 41.5 Å². The van der Waals surface area contributed by atoms with E-state index in [9.17, 15) is 9.18 Å². The van der Waals surface area contributed by atoms with Gasteiger partial charge in [-0.25, -0.2) is 4.39 Å². The van der Waals surface area contributed by atoms with E-state index >= 15 is 0 Å². The number of rotatable bonds is 5. The van der Waals surface area contributed by atoms with Gasteiger partial charge in [0, 0.05) is 11.3 Å². The summed E-state index contributed by atoms with van der Waals surface area (Å²) < 4.78 is 15.2. The van der Waals surface area contributed by atoms with Crippen LogP contribution in [-0.2, 0) is 24.2 Å². The fourth-order valence-corrected chi connectivity index (χ4v) is 4.15. The van der Waals surface area contributed by atoms with Crippen molar-refractivity contribution in [1.29, 1.82) is 0 Å². The first-order valence-corrected chi connectivity index (χ1v) is 10.0.